The van der Waals surface area contributed by atoms with Gasteiger partial charge in [0.1, 0.15) is 5.75 Å². The number of aryl methyl sites for hydroxylation is 2. The zero-order valence-electron chi connectivity index (χ0n) is 10.8. The number of hydrogen-bond donors (Lipinski definition) is 1. The number of carbonyl (C=O) groups is 1. The molecule has 0 saturated heterocycles. The number of rotatable bonds is 5. The summed E-state index contributed by atoms with van der Waals surface area (Å²) in [6.45, 7) is 4.85. The molecule has 1 rings (SSSR count). The maximum absolute atomic E-state index is 11.0. The molecule has 0 saturated carbocycles. The Morgan fingerprint density at radius 3 is 2.59 bits per heavy atom. The van der Waals surface area contributed by atoms with Crippen LogP contribution in [0.3, 0.4) is 0 Å². The minimum absolute atomic E-state index is 0.201. The van der Waals surface area contributed by atoms with Crippen LogP contribution in [0.15, 0.2) is 12.1 Å². The summed E-state index contributed by atoms with van der Waals surface area (Å²) in [6.07, 6.45) is 0. The fourth-order valence-electron chi connectivity index (χ4n) is 1.73. The van der Waals surface area contributed by atoms with Crippen molar-refractivity contribution >= 4 is 5.97 Å². The summed E-state index contributed by atoms with van der Waals surface area (Å²) in [5.41, 5.74) is 3.39. The number of carbonyl (C=O) groups excluding carboxylic acids is 1. The van der Waals surface area contributed by atoms with Gasteiger partial charge in [-0.1, -0.05) is 6.07 Å². The van der Waals surface area contributed by atoms with Crippen molar-refractivity contribution in [3.05, 3.63) is 28.8 Å². The molecule has 4 heteroatoms. The zero-order chi connectivity index (χ0) is 12.8. The van der Waals surface area contributed by atoms with Crippen LogP contribution in [-0.2, 0) is 16.1 Å². The second kappa shape index (κ2) is 6.25. The minimum Gasteiger partial charge on any atom is -0.496 e. The molecule has 1 aromatic rings. The predicted molar refractivity (Wildman–Crippen MR) is 66.2 cm³/mol. The molecule has 17 heavy (non-hydrogen) atoms. The fourth-order valence-corrected chi connectivity index (χ4v) is 1.73. The van der Waals surface area contributed by atoms with Crippen LogP contribution in [0.2, 0.25) is 0 Å². The van der Waals surface area contributed by atoms with Crippen molar-refractivity contribution in [1.29, 1.82) is 0 Å². The Hall–Kier alpha value is -1.55. The Bertz CT molecular complexity index is 402. The van der Waals surface area contributed by atoms with Crippen LogP contribution in [0.5, 0.6) is 5.75 Å². The minimum atomic E-state index is -0.270. The highest BCUT2D eigenvalue weighted by atomic mass is 16.5. The first-order chi connectivity index (χ1) is 8.08. The Morgan fingerprint density at radius 2 is 2.00 bits per heavy atom. The molecule has 94 valence electrons. The molecule has 1 N–H and O–H groups in total. The molecule has 0 bridgehead atoms. The third-order valence-electron chi connectivity index (χ3n) is 2.60. The Morgan fingerprint density at radius 1 is 1.29 bits per heavy atom. The van der Waals surface area contributed by atoms with Gasteiger partial charge in [-0.05, 0) is 31.0 Å². The van der Waals surface area contributed by atoms with Crippen LogP contribution < -0.4 is 10.1 Å². The van der Waals surface area contributed by atoms with E-state index in [1.54, 1.807) is 7.11 Å². The molecule has 1 aromatic carbocycles. The van der Waals surface area contributed by atoms with Gasteiger partial charge in [0.05, 0.1) is 20.8 Å². The van der Waals surface area contributed by atoms with Crippen molar-refractivity contribution in [2.24, 2.45) is 0 Å². The smallest absolute Gasteiger partial charge is 0.319 e. The zero-order valence-corrected chi connectivity index (χ0v) is 10.8. The Labute approximate surface area is 102 Å². The van der Waals surface area contributed by atoms with Gasteiger partial charge in [0.2, 0.25) is 0 Å². The molecule has 0 radical (unpaired) electrons. The first kappa shape index (κ1) is 13.5. The third-order valence-corrected chi connectivity index (χ3v) is 2.60. The SMILES string of the molecule is COC(=O)CNCc1c(C)cc(C)cc1OC. The molecule has 0 fully saturated rings. The van der Waals surface area contributed by atoms with Gasteiger partial charge in [0.15, 0.2) is 0 Å². The molecule has 4 nitrogen and oxygen atoms in total. The standard InChI is InChI=1S/C13H19NO3/c1-9-5-10(2)11(12(6-9)16-3)7-14-8-13(15)17-4/h5-6,14H,7-8H2,1-4H3. The van der Waals surface area contributed by atoms with Gasteiger partial charge in [0.25, 0.3) is 0 Å². The lowest BCUT2D eigenvalue weighted by Gasteiger charge is -2.13. The van der Waals surface area contributed by atoms with Gasteiger partial charge in [-0.25, -0.2) is 0 Å². The molecule has 0 aliphatic rings. The summed E-state index contributed by atoms with van der Waals surface area (Å²) in [6, 6.07) is 4.08. The van der Waals surface area contributed by atoms with E-state index in [9.17, 15) is 4.79 Å². The molecule has 0 spiro atoms. The summed E-state index contributed by atoms with van der Waals surface area (Å²) in [7, 11) is 3.03. The summed E-state index contributed by atoms with van der Waals surface area (Å²) in [4.78, 5) is 11.0. The highest BCUT2D eigenvalue weighted by molar-refractivity contribution is 5.71. The number of hydrogen-bond acceptors (Lipinski definition) is 4. The van der Waals surface area contributed by atoms with Gasteiger partial charge < -0.3 is 14.8 Å². The van der Waals surface area contributed by atoms with Crippen molar-refractivity contribution < 1.29 is 14.3 Å². The van der Waals surface area contributed by atoms with Crippen LogP contribution in [0.4, 0.5) is 0 Å². The summed E-state index contributed by atoms with van der Waals surface area (Å²) < 4.78 is 9.90. The molecule has 0 unspecified atom stereocenters. The van der Waals surface area contributed by atoms with Crippen molar-refractivity contribution in [3.8, 4) is 5.75 Å². The second-order valence-electron chi connectivity index (χ2n) is 3.94. The normalized spacial score (nSPS) is 10.1. The van der Waals surface area contributed by atoms with Crippen LogP contribution >= 0.6 is 0 Å². The third kappa shape index (κ3) is 3.75. The maximum atomic E-state index is 11.0. The average molecular weight is 237 g/mol. The van der Waals surface area contributed by atoms with Gasteiger partial charge in [-0.2, -0.15) is 0 Å². The Kier molecular flexibility index (Phi) is 4.97. The maximum Gasteiger partial charge on any atom is 0.319 e. The van der Waals surface area contributed by atoms with Crippen molar-refractivity contribution in [3.63, 3.8) is 0 Å². The number of methoxy groups -OCH3 is 2. The van der Waals surface area contributed by atoms with E-state index in [1.165, 1.54) is 7.11 Å². The van der Waals surface area contributed by atoms with E-state index in [4.69, 9.17) is 4.74 Å². The monoisotopic (exact) mass is 237 g/mol. The molecule has 0 heterocycles. The summed E-state index contributed by atoms with van der Waals surface area (Å²) in [5, 5.41) is 3.03. The second-order valence-corrected chi connectivity index (χ2v) is 3.94. The van der Waals surface area contributed by atoms with E-state index in [1.807, 2.05) is 19.9 Å². The van der Waals surface area contributed by atoms with E-state index in [0.717, 1.165) is 22.4 Å². The van der Waals surface area contributed by atoms with Gasteiger partial charge in [-0.3, -0.25) is 4.79 Å². The topological polar surface area (TPSA) is 47.6 Å². The lowest BCUT2D eigenvalue weighted by Crippen LogP contribution is -2.24. The molecule has 0 atom stereocenters. The van der Waals surface area contributed by atoms with E-state index in [2.05, 4.69) is 16.1 Å². The average Bonchev–Trinajstić information content (AvgIpc) is 2.30. The highest BCUT2D eigenvalue weighted by Crippen LogP contribution is 2.23. The molecular weight excluding hydrogens is 218 g/mol. The van der Waals surface area contributed by atoms with Crippen LogP contribution in [0.25, 0.3) is 0 Å². The predicted octanol–water partition coefficient (Wildman–Crippen LogP) is 1.57. The van der Waals surface area contributed by atoms with E-state index in [-0.39, 0.29) is 12.5 Å². The van der Waals surface area contributed by atoms with Crippen molar-refractivity contribution in [1.82, 2.24) is 5.32 Å². The highest BCUT2D eigenvalue weighted by Gasteiger charge is 2.08. The van der Waals surface area contributed by atoms with Crippen LogP contribution in [-0.4, -0.2) is 26.7 Å². The van der Waals surface area contributed by atoms with Crippen molar-refractivity contribution in [2.45, 2.75) is 20.4 Å². The molecule has 0 aliphatic carbocycles. The fraction of sp³-hybridized carbons (Fsp3) is 0.462. The molecular formula is C13H19NO3. The van der Waals surface area contributed by atoms with Crippen LogP contribution in [0, 0.1) is 13.8 Å². The first-order valence-corrected chi connectivity index (χ1v) is 5.50. The lowest BCUT2D eigenvalue weighted by atomic mass is 10.0. The quantitative estimate of drug-likeness (QED) is 0.790. The van der Waals surface area contributed by atoms with Gasteiger partial charge in [0, 0.05) is 12.1 Å². The number of nitrogens with one attached hydrogen (secondary N) is 1. The number of benzene rings is 1. The van der Waals surface area contributed by atoms with E-state index < -0.39 is 0 Å². The largest absolute Gasteiger partial charge is 0.496 e. The first-order valence-electron chi connectivity index (χ1n) is 5.50. The number of ether oxygens (including phenoxy) is 2. The number of esters is 1. The summed E-state index contributed by atoms with van der Waals surface area (Å²) in [5.74, 6) is 0.577. The molecule has 0 amide bonds. The van der Waals surface area contributed by atoms with Crippen LogP contribution in [0.1, 0.15) is 16.7 Å². The lowest BCUT2D eigenvalue weighted by molar-refractivity contribution is -0.139. The molecule has 0 aromatic heterocycles. The Balaban J connectivity index is 2.73. The van der Waals surface area contributed by atoms with E-state index in [0.29, 0.717) is 6.54 Å². The molecule has 0 aliphatic heterocycles. The summed E-state index contributed by atoms with van der Waals surface area (Å²) >= 11 is 0. The van der Waals surface area contributed by atoms with Gasteiger partial charge >= 0.3 is 5.97 Å². The van der Waals surface area contributed by atoms with Gasteiger partial charge in [-0.15, -0.1) is 0 Å². The van der Waals surface area contributed by atoms with Crippen molar-refractivity contribution in [2.75, 3.05) is 20.8 Å². The van der Waals surface area contributed by atoms with E-state index >= 15 is 0 Å².